The number of halogens is 3. The van der Waals surface area contributed by atoms with Crippen molar-refractivity contribution in [2.75, 3.05) is 6.61 Å². The summed E-state index contributed by atoms with van der Waals surface area (Å²) in [7, 11) is 0. The summed E-state index contributed by atoms with van der Waals surface area (Å²) < 4.78 is 9.74. The predicted molar refractivity (Wildman–Crippen MR) is 61.7 cm³/mol. The molecule has 0 saturated heterocycles. The molecule has 0 radical (unpaired) electrons. The number of hydrogen-bond acceptors (Lipinski definition) is 2. The van der Waals surface area contributed by atoms with E-state index >= 15 is 0 Å². The number of imidazole rings is 1. The third kappa shape index (κ3) is 2.55. The molecule has 1 unspecified atom stereocenters. The van der Waals surface area contributed by atoms with E-state index in [9.17, 15) is 0 Å². The number of aromatic nitrogens is 2. The molecule has 0 amide bonds. The Hall–Kier alpha value is 0.610. The number of ether oxygens (including phenoxy) is 1. The van der Waals surface area contributed by atoms with Gasteiger partial charge >= 0.3 is 0 Å². The number of rotatable bonds is 3. The lowest BCUT2D eigenvalue weighted by atomic mass is 10.6. The van der Waals surface area contributed by atoms with Crippen LogP contribution in [0.1, 0.15) is 20.1 Å². The fraction of sp³-hybridized carbons (Fsp3) is 0.571. The van der Waals surface area contributed by atoms with E-state index in [1.807, 2.05) is 18.4 Å². The fourth-order valence-corrected chi connectivity index (χ4v) is 3.01. The van der Waals surface area contributed by atoms with Gasteiger partial charge in [0.1, 0.15) is 15.4 Å². The molecule has 1 rings (SSSR count). The van der Waals surface area contributed by atoms with Crippen LogP contribution in [0.3, 0.4) is 0 Å². The minimum absolute atomic E-state index is 0.0347. The van der Waals surface area contributed by atoms with Gasteiger partial charge in [-0.25, -0.2) is 4.98 Å². The Morgan fingerprint density at radius 2 is 2.08 bits per heavy atom. The third-order valence-corrected chi connectivity index (χ3v) is 3.94. The molecule has 0 aromatic carbocycles. The molecule has 13 heavy (non-hydrogen) atoms. The quantitative estimate of drug-likeness (QED) is 0.803. The Morgan fingerprint density at radius 3 is 2.46 bits per heavy atom. The smallest absolute Gasteiger partial charge is 0.181 e. The molecule has 0 aliphatic carbocycles. The van der Waals surface area contributed by atoms with Crippen LogP contribution >= 0.6 is 47.8 Å². The van der Waals surface area contributed by atoms with Crippen LogP contribution in [0.15, 0.2) is 13.9 Å². The Morgan fingerprint density at radius 1 is 1.46 bits per heavy atom. The first-order valence-corrected chi connectivity index (χ1v) is 6.16. The summed E-state index contributed by atoms with van der Waals surface area (Å²) in [4.78, 5) is 4.18. The lowest BCUT2D eigenvalue weighted by molar-refractivity contribution is 0.0216. The summed E-state index contributed by atoms with van der Waals surface area (Å²) in [6.45, 7) is 4.60. The highest BCUT2D eigenvalue weighted by Crippen LogP contribution is 2.30. The first-order valence-electron chi connectivity index (χ1n) is 3.78. The van der Waals surface area contributed by atoms with Gasteiger partial charge in [-0.1, -0.05) is 0 Å². The fourth-order valence-electron chi connectivity index (χ4n) is 0.987. The van der Waals surface area contributed by atoms with Crippen LogP contribution in [0.5, 0.6) is 0 Å². The molecule has 0 aliphatic rings. The molecule has 1 atom stereocenters. The van der Waals surface area contributed by atoms with Gasteiger partial charge in [0.15, 0.2) is 4.73 Å². The highest BCUT2D eigenvalue weighted by molar-refractivity contribution is 9.13. The molecule has 74 valence electrons. The zero-order valence-corrected chi connectivity index (χ0v) is 12.0. The van der Waals surface area contributed by atoms with Gasteiger partial charge in [-0.2, -0.15) is 0 Å². The van der Waals surface area contributed by atoms with E-state index in [1.165, 1.54) is 0 Å². The highest BCUT2D eigenvalue weighted by atomic mass is 79.9. The molecule has 0 saturated carbocycles. The average Bonchev–Trinajstić information content (AvgIpc) is 2.27. The van der Waals surface area contributed by atoms with Crippen molar-refractivity contribution in [2.45, 2.75) is 20.1 Å². The van der Waals surface area contributed by atoms with Crippen molar-refractivity contribution in [3.8, 4) is 0 Å². The summed E-state index contributed by atoms with van der Waals surface area (Å²) in [5.41, 5.74) is 0. The molecule has 0 fully saturated rings. The van der Waals surface area contributed by atoms with Crippen molar-refractivity contribution >= 4 is 47.8 Å². The van der Waals surface area contributed by atoms with E-state index in [0.29, 0.717) is 6.61 Å². The van der Waals surface area contributed by atoms with E-state index in [4.69, 9.17) is 4.74 Å². The molecule has 0 bridgehead atoms. The minimum atomic E-state index is -0.0347. The van der Waals surface area contributed by atoms with E-state index < -0.39 is 0 Å². The maximum atomic E-state index is 5.44. The third-order valence-electron chi connectivity index (χ3n) is 1.54. The molecule has 0 N–H and O–H groups in total. The van der Waals surface area contributed by atoms with Crippen molar-refractivity contribution < 1.29 is 4.74 Å². The zero-order chi connectivity index (χ0) is 10.0. The number of hydrogen-bond donors (Lipinski definition) is 0. The molecule has 1 aromatic heterocycles. The lowest BCUT2D eigenvalue weighted by Crippen LogP contribution is -2.09. The summed E-state index contributed by atoms with van der Waals surface area (Å²) >= 11 is 10.1. The first kappa shape index (κ1) is 11.7. The maximum Gasteiger partial charge on any atom is 0.181 e. The monoisotopic (exact) mass is 374 g/mol. The van der Waals surface area contributed by atoms with Crippen molar-refractivity contribution in [1.29, 1.82) is 0 Å². The second-order valence-corrected chi connectivity index (χ2v) is 4.60. The van der Waals surface area contributed by atoms with Gasteiger partial charge < -0.3 is 4.74 Å². The maximum absolute atomic E-state index is 5.44. The first-order chi connectivity index (χ1) is 6.07. The van der Waals surface area contributed by atoms with Crippen molar-refractivity contribution in [3.63, 3.8) is 0 Å². The molecule has 0 spiro atoms. The lowest BCUT2D eigenvalue weighted by Gasteiger charge is -2.15. The van der Waals surface area contributed by atoms with Crippen LogP contribution in [0.4, 0.5) is 0 Å². The second-order valence-electron chi connectivity index (χ2n) is 2.39. The van der Waals surface area contributed by atoms with Gasteiger partial charge in [0, 0.05) is 6.61 Å². The Labute approximate surface area is 102 Å². The van der Waals surface area contributed by atoms with Crippen LogP contribution in [0, 0.1) is 0 Å². The Bertz CT molecular complexity index is 300. The second kappa shape index (κ2) is 4.91. The van der Waals surface area contributed by atoms with Crippen LogP contribution in [-0.4, -0.2) is 16.2 Å². The van der Waals surface area contributed by atoms with E-state index in [0.717, 1.165) is 13.9 Å². The van der Waals surface area contributed by atoms with Gasteiger partial charge in [0.05, 0.1) is 0 Å². The predicted octanol–water partition coefficient (Wildman–Crippen LogP) is 3.73. The van der Waals surface area contributed by atoms with Crippen molar-refractivity contribution in [2.24, 2.45) is 0 Å². The average molecular weight is 377 g/mol. The summed E-state index contributed by atoms with van der Waals surface area (Å²) in [5, 5.41) is 0. The van der Waals surface area contributed by atoms with E-state index in [2.05, 4.69) is 52.8 Å². The molecule has 0 aliphatic heterocycles. The molecular formula is C7H9Br3N2O. The minimum Gasteiger partial charge on any atom is -0.359 e. The van der Waals surface area contributed by atoms with Gasteiger partial charge in [-0.3, -0.25) is 4.57 Å². The molecule has 6 heteroatoms. The van der Waals surface area contributed by atoms with E-state index in [1.54, 1.807) is 0 Å². The van der Waals surface area contributed by atoms with Crippen molar-refractivity contribution in [3.05, 3.63) is 13.9 Å². The van der Waals surface area contributed by atoms with Crippen molar-refractivity contribution in [1.82, 2.24) is 9.55 Å². The number of nitrogens with zero attached hydrogens (tertiary/aromatic N) is 2. The van der Waals surface area contributed by atoms with Crippen LogP contribution in [-0.2, 0) is 4.74 Å². The van der Waals surface area contributed by atoms with Gasteiger partial charge in [-0.05, 0) is 61.6 Å². The summed E-state index contributed by atoms with van der Waals surface area (Å²) in [6.07, 6.45) is -0.0347. The topological polar surface area (TPSA) is 27.1 Å². The largest absolute Gasteiger partial charge is 0.359 e. The standard InChI is InChI=1S/C7H9Br3N2O/c1-3-13-4(2)12-6(9)5(8)11-7(12)10/h4H,3H2,1-2H3. The molecule has 3 nitrogen and oxygen atoms in total. The molecule has 1 heterocycles. The van der Waals surface area contributed by atoms with Gasteiger partial charge in [0.25, 0.3) is 0 Å². The molecule has 1 aromatic rings. The van der Waals surface area contributed by atoms with Gasteiger partial charge in [-0.15, -0.1) is 0 Å². The van der Waals surface area contributed by atoms with Gasteiger partial charge in [0.2, 0.25) is 0 Å². The Balaban J connectivity index is 2.98. The Kier molecular flexibility index (Phi) is 4.41. The van der Waals surface area contributed by atoms with Crippen LogP contribution in [0.25, 0.3) is 0 Å². The summed E-state index contributed by atoms with van der Waals surface area (Å²) in [6, 6.07) is 0. The molecular weight excluding hydrogens is 368 g/mol. The highest BCUT2D eigenvalue weighted by Gasteiger charge is 2.16. The summed E-state index contributed by atoms with van der Waals surface area (Å²) in [5.74, 6) is 0. The van der Waals surface area contributed by atoms with Crippen LogP contribution < -0.4 is 0 Å². The zero-order valence-electron chi connectivity index (χ0n) is 7.22. The normalized spacial score (nSPS) is 13.3. The SMILES string of the molecule is CCOC(C)n1c(Br)nc(Br)c1Br. The van der Waals surface area contributed by atoms with Crippen LogP contribution in [0.2, 0.25) is 0 Å². The van der Waals surface area contributed by atoms with E-state index in [-0.39, 0.29) is 6.23 Å².